The van der Waals surface area contributed by atoms with E-state index in [2.05, 4.69) is 25.4 Å². The quantitative estimate of drug-likeness (QED) is 0.557. The highest BCUT2D eigenvalue weighted by atomic mass is 16.5. The molecule has 1 amide bonds. The molecule has 140 valence electrons. The maximum absolute atomic E-state index is 12.3. The molecule has 8 heteroatoms. The highest BCUT2D eigenvalue weighted by Crippen LogP contribution is 2.17. The van der Waals surface area contributed by atoms with Gasteiger partial charge in [0.05, 0.1) is 5.56 Å². The summed E-state index contributed by atoms with van der Waals surface area (Å²) in [6.45, 7) is 2.41. The van der Waals surface area contributed by atoms with Crippen LogP contribution in [0, 0.1) is 0 Å². The van der Waals surface area contributed by atoms with Crippen molar-refractivity contribution in [2.24, 2.45) is 0 Å². The molecule has 0 saturated carbocycles. The molecule has 0 radical (unpaired) electrons. The molecule has 0 aliphatic rings. The summed E-state index contributed by atoms with van der Waals surface area (Å²) in [5, 5.41) is 6.74. The van der Waals surface area contributed by atoms with Crippen LogP contribution in [0.1, 0.15) is 28.8 Å². The first-order chi connectivity index (χ1) is 13.7. The molecule has 3 heterocycles. The zero-order valence-corrected chi connectivity index (χ0v) is 15.2. The lowest BCUT2D eigenvalue weighted by atomic mass is 10.2. The summed E-state index contributed by atoms with van der Waals surface area (Å²) >= 11 is 0. The van der Waals surface area contributed by atoms with Gasteiger partial charge in [-0.2, -0.15) is 4.98 Å². The molecule has 0 aliphatic heterocycles. The Morgan fingerprint density at radius 3 is 2.71 bits per heavy atom. The molecule has 28 heavy (non-hydrogen) atoms. The molecule has 0 atom stereocenters. The maximum Gasteiger partial charge on any atom is 0.271 e. The summed E-state index contributed by atoms with van der Waals surface area (Å²) in [4.78, 5) is 25.1. The number of benzene rings is 1. The molecule has 4 aromatic rings. The van der Waals surface area contributed by atoms with Crippen molar-refractivity contribution in [1.82, 2.24) is 30.0 Å². The van der Waals surface area contributed by atoms with Crippen LogP contribution in [0.25, 0.3) is 17.3 Å². The second-order valence-electron chi connectivity index (χ2n) is 6.11. The third-order valence-electron chi connectivity index (χ3n) is 4.15. The molecule has 4 rings (SSSR count). The molecule has 0 unspecified atom stereocenters. The van der Waals surface area contributed by atoms with Gasteiger partial charge < -0.3 is 9.84 Å². The van der Waals surface area contributed by atoms with Gasteiger partial charge in [-0.05, 0) is 17.7 Å². The second kappa shape index (κ2) is 7.83. The first-order valence-electron chi connectivity index (χ1n) is 8.88. The number of amides is 1. The van der Waals surface area contributed by atoms with Crippen LogP contribution in [-0.2, 0) is 13.0 Å². The molecular formula is C20H18N6O2. The third-order valence-corrected chi connectivity index (χ3v) is 4.15. The molecular weight excluding hydrogens is 356 g/mol. The van der Waals surface area contributed by atoms with Crippen LogP contribution in [0.2, 0.25) is 0 Å². The number of aromatic nitrogens is 5. The molecule has 0 fully saturated rings. The average molecular weight is 374 g/mol. The number of hydrogen-bond acceptors (Lipinski definition) is 6. The van der Waals surface area contributed by atoms with Crippen molar-refractivity contribution in [3.05, 3.63) is 78.3 Å². The van der Waals surface area contributed by atoms with E-state index in [4.69, 9.17) is 4.52 Å². The van der Waals surface area contributed by atoms with Gasteiger partial charge in [-0.1, -0.05) is 42.4 Å². The van der Waals surface area contributed by atoms with Crippen molar-refractivity contribution in [3.8, 4) is 17.3 Å². The number of pyridine rings is 1. The Bertz CT molecular complexity index is 1070. The number of imidazole rings is 1. The highest BCUT2D eigenvalue weighted by Gasteiger charge is 2.12. The fourth-order valence-electron chi connectivity index (χ4n) is 2.61. The lowest BCUT2D eigenvalue weighted by Gasteiger charge is -2.03. The van der Waals surface area contributed by atoms with Gasteiger partial charge in [0, 0.05) is 25.4 Å². The molecule has 0 saturated heterocycles. The standard InChI is InChI=1S/C20H18N6O2/c1-2-17-24-20(28-25-17)15-8-9-18(21-11-15)26-12-16(23-13-26)19(27)22-10-14-6-4-3-5-7-14/h3-9,11-13H,2,10H2,1H3,(H,22,27). The number of nitrogens with one attached hydrogen (secondary N) is 1. The Hall–Kier alpha value is -3.81. The molecule has 1 aromatic carbocycles. The Labute approximate surface area is 161 Å². The van der Waals surface area contributed by atoms with E-state index in [0.717, 1.165) is 11.1 Å². The maximum atomic E-state index is 12.3. The number of nitrogens with zero attached hydrogens (tertiary/aromatic N) is 5. The minimum absolute atomic E-state index is 0.239. The van der Waals surface area contributed by atoms with Crippen LogP contribution in [0.15, 0.2) is 65.7 Å². The Morgan fingerprint density at radius 2 is 2.00 bits per heavy atom. The van der Waals surface area contributed by atoms with Gasteiger partial charge >= 0.3 is 0 Å². The molecule has 8 nitrogen and oxygen atoms in total. The SMILES string of the molecule is CCc1noc(-c2ccc(-n3cnc(C(=O)NCc4ccccc4)c3)nc2)n1. The van der Waals surface area contributed by atoms with Gasteiger partial charge in [-0.3, -0.25) is 9.36 Å². The number of carbonyl (C=O) groups is 1. The third kappa shape index (κ3) is 3.80. The number of rotatable bonds is 6. The number of aryl methyl sites for hydroxylation is 1. The average Bonchev–Trinajstić information content (AvgIpc) is 3.43. The second-order valence-corrected chi connectivity index (χ2v) is 6.11. The zero-order valence-electron chi connectivity index (χ0n) is 15.2. The van der Waals surface area contributed by atoms with E-state index >= 15 is 0 Å². The Kier molecular flexibility index (Phi) is 4.92. The Balaban J connectivity index is 1.44. The summed E-state index contributed by atoms with van der Waals surface area (Å²) < 4.78 is 6.90. The molecule has 0 aliphatic carbocycles. The summed E-state index contributed by atoms with van der Waals surface area (Å²) in [5.74, 6) is 1.48. The van der Waals surface area contributed by atoms with Crippen molar-refractivity contribution in [2.75, 3.05) is 0 Å². The van der Waals surface area contributed by atoms with E-state index in [1.54, 1.807) is 29.4 Å². The van der Waals surface area contributed by atoms with Crippen molar-refractivity contribution in [1.29, 1.82) is 0 Å². The van der Waals surface area contributed by atoms with E-state index in [1.165, 1.54) is 0 Å². The van der Waals surface area contributed by atoms with Crippen molar-refractivity contribution in [2.45, 2.75) is 19.9 Å². The number of hydrogen-bond donors (Lipinski definition) is 1. The fourth-order valence-corrected chi connectivity index (χ4v) is 2.61. The van der Waals surface area contributed by atoms with Crippen LogP contribution >= 0.6 is 0 Å². The molecule has 0 bridgehead atoms. The van der Waals surface area contributed by atoms with Crippen LogP contribution in [-0.4, -0.2) is 30.6 Å². The van der Waals surface area contributed by atoms with Gasteiger partial charge in [0.2, 0.25) is 0 Å². The lowest BCUT2D eigenvalue weighted by Crippen LogP contribution is -2.23. The minimum Gasteiger partial charge on any atom is -0.347 e. The van der Waals surface area contributed by atoms with Crippen LogP contribution in [0.4, 0.5) is 0 Å². The van der Waals surface area contributed by atoms with E-state index < -0.39 is 0 Å². The number of carbonyl (C=O) groups excluding carboxylic acids is 1. The van der Waals surface area contributed by atoms with Crippen molar-refractivity contribution in [3.63, 3.8) is 0 Å². The predicted molar refractivity (Wildman–Crippen MR) is 102 cm³/mol. The summed E-state index contributed by atoms with van der Waals surface area (Å²) in [6, 6.07) is 13.4. The van der Waals surface area contributed by atoms with Crippen LogP contribution < -0.4 is 5.32 Å². The minimum atomic E-state index is -0.239. The fraction of sp³-hybridized carbons (Fsp3) is 0.150. The van der Waals surface area contributed by atoms with E-state index in [0.29, 0.717) is 36.2 Å². The predicted octanol–water partition coefficient (Wildman–Crippen LogP) is 2.81. The van der Waals surface area contributed by atoms with Gasteiger partial charge in [0.25, 0.3) is 11.8 Å². The summed E-state index contributed by atoms with van der Waals surface area (Å²) in [7, 11) is 0. The molecule has 0 spiro atoms. The topological polar surface area (TPSA) is 98.7 Å². The highest BCUT2D eigenvalue weighted by molar-refractivity contribution is 5.92. The van der Waals surface area contributed by atoms with E-state index in [1.807, 2.05) is 43.3 Å². The van der Waals surface area contributed by atoms with Crippen LogP contribution in [0.3, 0.4) is 0 Å². The monoisotopic (exact) mass is 374 g/mol. The van der Waals surface area contributed by atoms with Gasteiger partial charge in [0.15, 0.2) is 5.82 Å². The van der Waals surface area contributed by atoms with E-state index in [-0.39, 0.29) is 5.91 Å². The van der Waals surface area contributed by atoms with Crippen LogP contribution in [0.5, 0.6) is 0 Å². The Morgan fingerprint density at radius 1 is 1.14 bits per heavy atom. The normalized spacial score (nSPS) is 10.8. The largest absolute Gasteiger partial charge is 0.347 e. The van der Waals surface area contributed by atoms with Crippen molar-refractivity contribution >= 4 is 5.91 Å². The van der Waals surface area contributed by atoms with Gasteiger partial charge in [-0.25, -0.2) is 9.97 Å². The van der Waals surface area contributed by atoms with Crippen molar-refractivity contribution < 1.29 is 9.32 Å². The summed E-state index contributed by atoms with van der Waals surface area (Å²) in [5.41, 5.74) is 2.09. The van der Waals surface area contributed by atoms with Gasteiger partial charge in [0.1, 0.15) is 17.8 Å². The smallest absolute Gasteiger partial charge is 0.271 e. The van der Waals surface area contributed by atoms with E-state index in [9.17, 15) is 4.79 Å². The molecule has 3 aromatic heterocycles. The zero-order chi connectivity index (χ0) is 19.3. The first-order valence-corrected chi connectivity index (χ1v) is 8.88. The first kappa shape index (κ1) is 17.6. The lowest BCUT2D eigenvalue weighted by molar-refractivity contribution is 0.0946. The summed E-state index contributed by atoms with van der Waals surface area (Å²) in [6.07, 6.45) is 5.56. The molecule has 1 N–H and O–H groups in total. The van der Waals surface area contributed by atoms with Gasteiger partial charge in [-0.15, -0.1) is 0 Å².